The van der Waals surface area contributed by atoms with E-state index in [1.807, 2.05) is 0 Å². The highest BCUT2D eigenvalue weighted by molar-refractivity contribution is 5.39. The van der Waals surface area contributed by atoms with Gasteiger partial charge in [-0.05, 0) is 69.9 Å². The highest BCUT2D eigenvalue weighted by Crippen LogP contribution is 2.22. The fourth-order valence-corrected chi connectivity index (χ4v) is 3.83. The third-order valence-corrected chi connectivity index (χ3v) is 5.39. The third kappa shape index (κ3) is 6.18. The molecule has 0 radical (unpaired) electrons. The number of hydrogen-bond donors (Lipinski definition) is 0. The molecule has 0 saturated carbocycles. The summed E-state index contributed by atoms with van der Waals surface area (Å²) in [5.74, 6) is 1.09. The number of likely N-dealkylation sites (tertiary alicyclic amines) is 1. The topological polar surface area (TPSA) is 9.23 Å². The first-order valence-corrected chi connectivity index (χ1v) is 9.63. The molecule has 1 heterocycles. The summed E-state index contributed by atoms with van der Waals surface area (Å²) in [5, 5.41) is 0. The van der Waals surface area contributed by atoms with Gasteiger partial charge in [0.15, 0.2) is 0 Å². The van der Waals surface area contributed by atoms with E-state index in [4.69, 9.17) is 4.74 Å². The summed E-state index contributed by atoms with van der Waals surface area (Å²) in [6.07, 6.45) is 11.0. The van der Waals surface area contributed by atoms with Gasteiger partial charge in [0.05, 0.1) is 33.3 Å². The van der Waals surface area contributed by atoms with Crippen LogP contribution in [0.5, 0.6) is 5.75 Å². The Kier molecular flexibility index (Phi) is 7.42. The Morgan fingerprint density at radius 2 is 1.48 bits per heavy atom. The minimum absolute atomic E-state index is 0.857. The fraction of sp³-hybridized carbons (Fsp3) is 0.714. The Morgan fingerprint density at radius 1 is 0.870 bits per heavy atom. The summed E-state index contributed by atoms with van der Waals surface area (Å²) in [7, 11) is 2.47. The van der Waals surface area contributed by atoms with Crippen LogP contribution in [0.2, 0.25) is 0 Å². The first-order valence-electron chi connectivity index (χ1n) is 9.63. The Hall–Kier alpha value is -1.02. The van der Waals surface area contributed by atoms with Crippen LogP contribution in [0.25, 0.3) is 0 Å². The molecule has 0 aliphatic carbocycles. The number of rotatable bonds is 7. The van der Waals surface area contributed by atoms with E-state index in [0.29, 0.717) is 0 Å². The summed E-state index contributed by atoms with van der Waals surface area (Å²) in [6.45, 7) is 9.25. The van der Waals surface area contributed by atoms with Gasteiger partial charge in [0.2, 0.25) is 0 Å². The van der Waals surface area contributed by atoms with E-state index in [1.165, 1.54) is 86.6 Å². The highest BCUT2D eigenvalue weighted by Gasteiger charge is 2.21. The molecule has 1 aliphatic heterocycles. The van der Waals surface area contributed by atoms with Crippen molar-refractivity contribution in [2.75, 3.05) is 33.3 Å². The zero-order chi connectivity index (χ0) is 16.5. The molecule has 2 heteroatoms. The van der Waals surface area contributed by atoms with E-state index in [-0.39, 0.29) is 0 Å². The molecule has 0 bridgehead atoms. The van der Waals surface area contributed by atoms with Gasteiger partial charge in [-0.2, -0.15) is 0 Å². The molecule has 0 aromatic heterocycles. The van der Waals surface area contributed by atoms with E-state index in [9.17, 15) is 0 Å². The summed E-state index contributed by atoms with van der Waals surface area (Å²) >= 11 is 0. The lowest BCUT2D eigenvalue weighted by Crippen LogP contribution is -2.46. The molecule has 1 fully saturated rings. The smallest absolute Gasteiger partial charge is 0.125 e. The van der Waals surface area contributed by atoms with E-state index < -0.39 is 0 Å². The molecule has 0 unspecified atom stereocenters. The first-order chi connectivity index (χ1) is 11.1. The van der Waals surface area contributed by atoms with Crippen LogP contribution < -0.4 is 4.74 Å². The summed E-state index contributed by atoms with van der Waals surface area (Å²) in [6, 6.07) is 6.37. The Bertz CT molecular complexity index is 441. The molecule has 0 spiro atoms. The Morgan fingerprint density at radius 3 is 2.13 bits per heavy atom. The standard InChI is InChI=1S/C21H36NO/c1-19-13-12-14-20(2)21(19)23-18-11-7-10-17-22(3)15-8-5-4-6-9-16-22/h12-14H,4-11,15-18H2,1-3H3/q+1. The van der Waals surface area contributed by atoms with E-state index in [0.717, 1.165) is 12.4 Å². The van der Waals surface area contributed by atoms with E-state index >= 15 is 0 Å². The van der Waals surface area contributed by atoms with Crippen molar-refractivity contribution in [3.05, 3.63) is 29.3 Å². The summed E-state index contributed by atoms with van der Waals surface area (Å²) in [5.41, 5.74) is 2.51. The van der Waals surface area contributed by atoms with Crippen molar-refractivity contribution < 1.29 is 9.22 Å². The maximum absolute atomic E-state index is 6.02. The van der Waals surface area contributed by atoms with Gasteiger partial charge in [0.1, 0.15) is 5.75 Å². The molecule has 0 amide bonds. The van der Waals surface area contributed by atoms with Crippen molar-refractivity contribution >= 4 is 0 Å². The van der Waals surface area contributed by atoms with Gasteiger partial charge in [-0.25, -0.2) is 0 Å². The van der Waals surface area contributed by atoms with Crippen LogP contribution in [-0.4, -0.2) is 37.8 Å². The van der Waals surface area contributed by atoms with Gasteiger partial charge in [0, 0.05) is 0 Å². The molecular weight excluding hydrogens is 282 g/mol. The van der Waals surface area contributed by atoms with Crippen molar-refractivity contribution in [3.8, 4) is 5.75 Å². The molecule has 2 nitrogen and oxygen atoms in total. The number of hydrogen-bond acceptors (Lipinski definition) is 1. The van der Waals surface area contributed by atoms with Crippen molar-refractivity contribution in [2.24, 2.45) is 0 Å². The second kappa shape index (κ2) is 9.32. The molecule has 0 atom stereocenters. The van der Waals surface area contributed by atoms with Crippen molar-refractivity contribution in [3.63, 3.8) is 0 Å². The average molecular weight is 319 g/mol. The molecule has 0 N–H and O–H groups in total. The molecule has 1 aromatic carbocycles. The lowest BCUT2D eigenvalue weighted by atomic mass is 10.1. The number of unbranched alkanes of at least 4 members (excludes halogenated alkanes) is 2. The number of ether oxygens (including phenoxy) is 1. The molecule has 1 aliphatic rings. The number of para-hydroxylation sites is 1. The van der Waals surface area contributed by atoms with Gasteiger partial charge in [-0.1, -0.05) is 24.6 Å². The summed E-state index contributed by atoms with van der Waals surface area (Å²) < 4.78 is 7.32. The van der Waals surface area contributed by atoms with Gasteiger partial charge in [-0.3, -0.25) is 0 Å². The van der Waals surface area contributed by atoms with Crippen LogP contribution in [-0.2, 0) is 0 Å². The number of nitrogens with zero attached hydrogens (tertiary/aromatic N) is 1. The summed E-state index contributed by atoms with van der Waals surface area (Å²) in [4.78, 5) is 0. The van der Waals surface area contributed by atoms with Gasteiger partial charge < -0.3 is 9.22 Å². The van der Waals surface area contributed by atoms with Crippen LogP contribution >= 0.6 is 0 Å². The maximum atomic E-state index is 6.02. The normalized spacial score (nSPS) is 18.2. The van der Waals surface area contributed by atoms with Crippen molar-refractivity contribution in [2.45, 2.75) is 65.2 Å². The fourth-order valence-electron chi connectivity index (χ4n) is 3.83. The predicted molar refractivity (Wildman–Crippen MR) is 99.1 cm³/mol. The Labute approximate surface area is 143 Å². The third-order valence-electron chi connectivity index (χ3n) is 5.39. The first kappa shape index (κ1) is 18.3. The maximum Gasteiger partial charge on any atom is 0.125 e. The molecular formula is C21H36NO+. The van der Waals surface area contributed by atoms with E-state index in [2.05, 4.69) is 39.1 Å². The second-order valence-corrected chi connectivity index (χ2v) is 7.69. The van der Waals surface area contributed by atoms with Gasteiger partial charge >= 0.3 is 0 Å². The van der Waals surface area contributed by atoms with E-state index in [1.54, 1.807) is 0 Å². The monoisotopic (exact) mass is 318 g/mol. The minimum Gasteiger partial charge on any atom is -0.493 e. The average Bonchev–Trinajstić information content (AvgIpc) is 2.50. The molecule has 2 rings (SSSR count). The predicted octanol–water partition coefficient (Wildman–Crippen LogP) is 5.26. The largest absolute Gasteiger partial charge is 0.493 e. The van der Waals surface area contributed by atoms with Crippen LogP contribution in [0.1, 0.15) is 62.5 Å². The van der Waals surface area contributed by atoms with Gasteiger partial charge in [0.25, 0.3) is 0 Å². The zero-order valence-corrected chi connectivity index (χ0v) is 15.6. The van der Waals surface area contributed by atoms with Crippen LogP contribution in [0, 0.1) is 13.8 Å². The van der Waals surface area contributed by atoms with Crippen LogP contribution in [0.4, 0.5) is 0 Å². The van der Waals surface area contributed by atoms with Crippen LogP contribution in [0.3, 0.4) is 0 Å². The number of quaternary nitrogens is 1. The quantitative estimate of drug-likeness (QED) is 0.492. The minimum atomic E-state index is 0.857. The number of benzene rings is 1. The van der Waals surface area contributed by atoms with Crippen molar-refractivity contribution in [1.82, 2.24) is 0 Å². The van der Waals surface area contributed by atoms with Crippen LogP contribution in [0.15, 0.2) is 18.2 Å². The SMILES string of the molecule is Cc1cccc(C)c1OCCCCC[N+]1(C)CCCCCCC1. The van der Waals surface area contributed by atoms with Crippen molar-refractivity contribution in [1.29, 1.82) is 0 Å². The number of aryl methyl sites for hydroxylation is 2. The lowest BCUT2D eigenvalue weighted by Gasteiger charge is -2.36. The lowest BCUT2D eigenvalue weighted by molar-refractivity contribution is -0.910. The van der Waals surface area contributed by atoms with Gasteiger partial charge in [-0.15, -0.1) is 0 Å². The highest BCUT2D eigenvalue weighted by atomic mass is 16.5. The molecule has 23 heavy (non-hydrogen) atoms. The molecule has 1 aromatic rings. The second-order valence-electron chi connectivity index (χ2n) is 7.69. The Balaban J connectivity index is 1.63. The molecule has 1 saturated heterocycles. The zero-order valence-electron chi connectivity index (χ0n) is 15.6. The molecule has 130 valence electrons.